The summed E-state index contributed by atoms with van der Waals surface area (Å²) in [6.45, 7) is -0.0660. The van der Waals surface area contributed by atoms with Crippen molar-refractivity contribution in [2.45, 2.75) is 55.8 Å². The molecule has 2 bridgehead atoms. The lowest BCUT2D eigenvalue weighted by molar-refractivity contribution is -0.145. The van der Waals surface area contributed by atoms with Crippen LogP contribution in [-0.2, 0) is 14.5 Å². The topological polar surface area (TPSA) is 57.8 Å². The average molecular weight is 305 g/mol. The predicted octanol–water partition coefficient (Wildman–Crippen LogP) is 2.02. The fourth-order valence-electron chi connectivity index (χ4n) is 4.08. The van der Waals surface area contributed by atoms with Gasteiger partial charge >= 0.3 is 5.97 Å². The quantitative estimate of drug-likeness (QED) is 0.666. The number of fused-ring (bicyclic) bond motifs is 2. The highest BCUT2D eigenvalue weighted by molar-refractivity contribution is 5.22. The Morgan fingerprint density at radius 1 is 1.23 bits per heavy atom. The van der Waals surface area contributed by atoms with Crippen molar-refractivity contribution in [2.24, 2.45) is 0 Å². The first-order chi connectivity index (χ1) is 10.7. The Kier molecular flexibility index (Phi) is 3.71. The molecule has 1 aromatic carbocycles. The van der Waals surface area contributed by atoms with Gasteiger partial charge in [0.1, 0.15) is 0 Å². The summed E-state index contributed by atoms with van der Waals surface area (Å²) in [6.07, 6.45) is 4.65. The molecule has 1 aromatic rings. The van der Waals surface area contributed by atoms with Gasteiger partial charge in [0, 0.05) is 12.1 Å². The van der Waals surface area contributed by atoms with Crippen LogP contribution in [0.3, 0.4) is 0 Å². The van der Waals surface area contributed by atoms with Crippen molar-refractivity contribution in [3.8, 4) is 0 Å². The maximum atomic E-state index is 9.79. The van der Waals surface area contributed by atoms with E-state index in [1.807, 2.05) is 30.3 Å². The summed E-state index contributed by atoms with van der Waals surface area (Å²) in [7, 11) is 2.21. The molecule has 3 aliphatic rings. The van der Waals surface area contributed by atoms with Crippen LogP contribution in [-0.4, -0.2) is 47.8 Å². The van der Waals surface area contributed by atoms with Gasteiger partial charge in [-0.3, -0.25) is 0 Å². The summed E-state index contributed by atoms with van der Waals surface area (Å²) in [5.41, 5.74) is 0.971. The minimum absolute atomic E-state index is 0.0660. The first kappa shape index (κ1) is 14.6. The molecule has 1 unspecified atom stereocenters. The third-order valence-corrected chi connectivity index (χ3v) is 5.44. The van der Waals surface area contributed by atoms with Gasteiger partial charge in [0.2, 0.25) is 0 Å². The van der Waals surface area contributed by atoms with Gasteiger partial charge in [-0.15, -0.1) is 0 Å². The Bertz CT molecular complexity index is 505. The predicted molar refractivity (Wildman–Crippen MR) is 79.8 cm³/mol. The minimum atomic E-state index is -1.10. The summed E-state index contributed by atoms with van der Waals surface area (Å²) in [6, 6.07) is 11.0. The SMILES string of the molecule is CN1[C@@H]2CC[C@H]1C[C@@H](OC1(C(CO)c3ccccc3)OO1)C2. The molecule has 3 heterocycles. The molecule has 0 aliphatic carbocycles. The number of rotatable bonds is 5. The van der Waals surface area contributed by atoms with E-state index in [4.69, 9.17) is 14.5 Å². The van der Waals surface area contributed by atoms with Crippen molar-refractivity contribution in [3.05, 3.63) is 35.9 Å². The third kappa shape index (κ3) is 2.47. The van der Waals surface area contributed by atoms with Gasteiger partial charge in [0.25, 0.3) is 0 Å². The zero-order valence-corrected chi connectivity index (χ0v) is 12.9. The number of aliphatic hydroxyl groups is 1. The van der Waals surface area contributed by atoms with Crippen LogP contribution < -0.4 is 0 Å². The Labute approximate surface area is 130 Å². The van der Waals surface area contributed by atoms with Crippen LogP contribution >= 0.6 is 0 Å². The lowest BCUT2D eigenvalue weighted by Gasteiger charge is -2.37. The van der Waals surface area contributed by atoms with Crippen LogP contribution in [0.1, 0.15) is 37.2 Å². The van der Waals surface area contributed by atoms with E-state index in [2.05, 4.69) is 11.9 Å². The highest BCUT2D eigenvalue weighted by Crippen LogP contribution is 2.47. The molecular formula is C17H23NO4. The maximum absolute atomic E-state index is 9.79. The number of ether oxygens (including phenoxy) is 1. The van der Waals surface area contributed by atoms with Crippen molar-refractivity contribution in [1.82, 2.24) is 4.90 Å². The van der Waals surface area contributed by atoms with E-state index in [-0.39, 0.29) is 18.6 Å². The van der Waals surface area contributed by atoms with Gasteiger partial charge < -0.3 is 14.7 Å². The van der Waals surface area contributed by atoms with Crippen molar-refractivity contribution >= 4 is 0 Å². The molecule has 0 saturated carbocycles. The average Bonchev–Trinajstić information content (AvgIpc) is 3.27. The van der Waals surface area contributed by atoms with Crippen molar-refractivity contribution in [1.29, 1.82) is 0 Å². The summed E-state index contributed by atoms with van der Waals surface area (Å²) in [5, 5.41) is 9.79. The monoisotopic (exact) mass is 305 g/mol. The van der Waals surface area contributed by atoms with Gasteiger partial charge in [-0.05, 0) is 38.3 Å². The van der Waals surface area contributed by atoms with Gasteiger partial charge in [-0.2, -0.15) is 9.78 Å². The Morgan fingerprint density at radius 2 is 1.86 bits per heavy atom. The molecular weight excluding hydrogens is 282 g/mol. The maximum Gasteiger partial charge on any atom is 0.349 e. The van der Waals surface area contributed by atoms with Crippen LogP contribution in [0.25, 0.3) is 0 Å². The largest absolute Gasteiger partial charge is 0.395 e. The number of aliphatic hydroxyl groups excluding tert-OH is 1. The van der Waals surface area contributed by atoms with Crippen LogP contribution in [0.4, 0.5) is 0 Å². The molecule has 4 atom stereocenters. The second kappa shape index (κ2) is 5.58. The summed E-state index contributed by atoms with van der Waals surface area (Å²) >= 11 is 0. The van der Waals surface area contributed by atoms with E-state index in [0.717, 1.165) is 18.4 Å². The standard InChI is InChI=1S/C17H23NO4/c1-18-13-7-8-14(18)10-15(9-13)20-17(21-22-17)16(11-19)12-5-3-2-4-6-12/h2-6,13-16,19H,7-11H2,1H3/t13-,14+,15+,16?. The van der Waals surface area contributed by atoms with Gasteiger partial charge in [-0.25, -0.2) is 0 Å². The molecule has 1 N–H and O–H groups in total. The normalized spacial score (nSPS) is 34.5. The van der Waals surface area contributed by atoms with Crippen molar-refractivity contribution in [2.75, 3.05) is 13.7 Å². The number of piperidine rings is 1. The zero-order valence-electron chi connectivity index (χ0n) is 12.9. The Hall–Kier alpha value is -0.980. The van der Waals surface area contributed by atoms with Crippen LogP contribution in [0.15, 0.2) is 30.3 Å². The Morgan fingerprint density at radius 3 is 2.41 bits per heavy atom. The van der Waals surface area contributed by atoms with E-state index in [1.165, 1.54) is 12.8 Å². The molecule has 0 spiro atoms. The first-order valence-corrected chi connectivity index (χ1v) is 8.14. The lowest BCUT2D eigenvalue weighted by atomic mass is 9.96. The molecule has 0 amide bonds. The molecule has 0 radical (unpaired) electrons. The molecule has 120 valence electrons. The summed E-state index contributed by atoms with van der Waals surface area (Å²) in [4.78, 5) is 12.9. The number of nitrogens with zero attached hydrogens (tertiary/aromatic N) is 1. The molecule has 5 nitrogen and oxygen atoms in total. The second-order valence-corrected chi connectivity index (χ2v) is 6.68. The van der Waals surface area contributed by atoms with E-state index in [1.54, 1.807) is 0 Å². The van der Waals surface area contributed by atoms with Crippen LogP contribution in [0.2, 0.25) is 0 Å². The lowest BCUT2D eigenvalue weighted by Crippen LogP contribution is -2.45. The van der Waals surface area contributed by atoms with Gasteiger partial charge in [-0.1, -0.05) is 30.3 Å². The third-order valence-electron chi connectivity index (χ3n) is 5.44. The van der Waals surface area contributed by atoms with Gasteiger partial charge in [0.15, 0.2) is 0 Å². The molecule has 5 heteroatoms. The van der Waals surface area contributed by atoms with Gasteiger partial charge in [0.05, 0.1) is 18.6 Å². The van der Waals surface area contributed by atoms with Crippen molar-refractivity contribution in [3.63, 3.8) is 0 Å². The first-order valence-electron chi connectivity index (χ1n) is 8.14. The molecule has 4 rings (SSSR count). The number of hydrogen-bond donors (Lipinski definition) is 1. The number of hydrogen-bond acceptors (Lipinski definition) is 5. The van der Waals surface area contributed by atoms with E-state index in [0.29, 0.717) is 12.1 Å². The van der Waals surface area contributed by atoms with Crippen molar-refractivity contribution < 1.29 is 19.6 Å². The van der Waals surface area contributed by atoms with Crippen LogP contribution in [0, 0.1) is 0 Å². The smallest absolute Gasteiger partial charge is 0.349 e. The van der Waals surface area contributed by atoms with E-state index >= 15 is 0 Å². The molecule has 3 saturated heterocycles. The van der Waals surface area contributed by atoms with Crippen LogP contribution in [0.5, 0.6) is 0 Å². The summed E-state index contributed by atoms with van der Waals surface area (Å²) in [5.74, 6) is -1.41. The fraction of sp³-hybridized carbons (Fsp3) is 0.647. The van der Waals surface area contributed by atoms with E-state index < -0.39 is 5.97 Å². The van der Waals surface area contributed by atoms with E-state index in [9.17, 15) is 5.11 Å². The fourth-order valence-corrected chi connectivity index (χ4v) is 4.08. The molecule has 3 aliphatic heterocycles. The highest BCUT2D eigenvalue weighted by atomic mass is 17.5. The summed E-state index contributed by atoms with van der Waals surface area (Å²) < 4.78 is 6.20. The molecule has 3 fully saturated rings. The Balaban J connectivity index is 1.48. The second-order valence-electron chi connectivity index (χ2n) is 6.68. The molecule has 22 heavy (non-hydrogen) atoms. The highest BCUT2D eigenvalue weighted by Gasteiger charge is 2.60. The number of benzene rings is 1. The minimum Gasteiger partial charge on any atom is -0.395 e. The zero-order chi connectivity index (χ0) is 15.2. The molecule has 0 aromatic heterocycles.